The predicted molar refractivity (Wildman–Crippen MR) is 77.7 cm³/mol. The molecule has 0 unspecified atom stereocenters. The van der Waals surface area contributed by atoms with E-state index in [2.05, 4.69) is 25.5 Å². The summed E-state index contributed by atoms with van der Waals surface area (Å²) in [6, 6.07) is 5.14. The lowest BCUT2D eigenvalue weighted by molar-refractivity contribution is 0.0562. The van der Waals surface area contributed by atoms with Crippen LogP contribution in [0.15, 0.2) is 28.8 Å². The van der Waals surface area contributed by atoms with Crippen LogP contribution in [-0.4, -0.2) is 23.9 Å². The van der Waals surface area contributed by atoms with Gasteiger partial charge in [-0.3, -0.25) is 4.79 Å². The van der Waals surface area contributed by atoms with Gasteiger partial charge in [-0.25, -0.2) is 4.79 Å². The lowest BCUT2D eigenvalue weighted by atomic mass is 9.89. The molecule has 21 heavy (non-hydrogen) atoms. The number of carbonyl (C=O) groups is 2. The Kier molecular flexibility index (Phi) is 4.02. The summed E-state index contributed by atoms with van der Waals surface area (Å²) >= 11 is 0. The Morgan fingerprint density at radius 2 is 2.10 bits per heavy atom. The number of ether oxygens (including phenoxy) is 1. The van der Waals surface area contributed by atoms with E-state index in [1.54, 1.807) is 12.1 Å². The average Bonchev–Trinajstić information content (AvgIpc) is 3.04. The van der Waals surface area contributed by atoms with Crippen LogP contribution in [0.3, 0.4) is 0 Å². The molecular weight excluding hydrogens is 270 g/mol. The standard InChI is InChI=1S/C16H19NO4/c1-16(2,3)11-7-12(10-18)17(8-11)9-13-5-6-14(21-13)15(19)20-4/h5-8,10H,9H2,1-4H3. The van der Waals surface area contributed by atoms with E-state index in [4.69, 9.17) is 4.42 Å². The number of carbonyl (C=O) groups excluding carboxylic acids is 2. The van der Waals surface area contributed by atoms with Crippen molar-refractivity contribution in [2.75, 3.05) is 7.11 Å². The van der Waals surface area contributed by atoms with Gasteiger partial charge >= 0.3 is 5.97 Å². The second-order valence-corrected chi connectivity index (χ2v) is 5.91. The van der Waals surface area contributed by atoms with Crippen LogP contribution >= 0.6 is 0 Å². The fourth-order valence-corrected chi connectivity index (χ4v) is 2.01. The minimum Gasteiger partial charge on any atom is -0.463 e. The van der Waals surface area contributed by atoms with Crippen molar-refractivity contribution >= 4 is 12.3 Å². The van der Waals surface area contributed by atoms with E-state index in [0.717, 1.165) is 11.8 Å². The zero-order valence-electron chi connectivity index (χ0n) is 12.7. The molecule has 0 atom stereocenters. The lowest BCUT2D eigenvalue weighted by Gasteiger charge is -2.15. The summed E-state index contributed by atoms with van der Waals surface area (Å²) in [7, 11) is 1.30. The zero-order valence-corrected chi connectivity index (χ0v) is 12.7. The summed E-state index contributed by atoms with van der Waals surface area (Å²) in [5.74, 6) is 0.234. The van der Waals surface area contributed by atoms with Gasteiger partial charge in [-0.05, 0) is 29.2 Å². The number of methoxy groups -OCH3 is 1. The Morgan fingerprint density at radius 1 is 1.38 bits per heavy atom. The first-order chi connectivity index (χ1) is 9.85. The molecule has 0 N–H and O–H groups in total. The van der Waals surface area contributed by atoms with Crippen molar-refractivity contribution in [1.29, 1.82) is 0 Å². The van der Waals surface area contributed by atoms with Gasteiger partial charge in [0.05, 0.1) is 19.3 Å². The number of hydrogen-bond acceptors (Lipinski definition) is 4. The molecule has 5 nitrogen and oxygen atoms in total. The number of esters is 1. The molecule has 2 heterocycles. The van der Waals surface area contributed by atoms with Gasteiger partial charge in [-0.2, -0.15) is 0 Å². The number of nitrogens with zero attached hydrogens (tertiary/aromatic N) is 1. The highest BCUT2D eigenvalue weighted by atomic mass is 16.5. The van der Waals surface area contributed by atoms with Crippen LogP contribution in [0.25, 0.3) is 0 Å². The monoisotopic (exact) mass is 289 g/mol. The smallest absolute Gasteiger partial charge is 0.373 e. The summed E-state index contributed by atoms with van der Waals surface area (Å²) in [4.78, 5) is 22.6. The summed E-state index contributed by atoms with van der Waals surface area (Å²) in [5.41, 5.74) is 1.61. The van der Waals surface area contributed by atoms with Crippen molar-refractivity contribution in [3.8, 4) is 0 Å². The number of rotatable bonds is 4. The van der Waals surface area contributed by atoms with Gasteiger partial charge in [0.2, 0.25) is 5.76 Å². The van der Waals surface area contributed by atoms with E-state index in [9.17, 15) is 9.59 Å². The fourth-order valence-electron chi connectivity index (χ4n) is 2.01. The third-order valence-electron chi connectivity index (χ3n) is 3.29. The molecule has 5 heteroatoms. The van der Waals surface area contributed by atoms with Gasteiger partial charge < -0.3 is 13.7 Å². The Labute approximate surface area is 123 Å². The molecule has 0 aliphatic carbocycles. The van der Waals surface area contributed by atoms with Crippen LogP contribution in [0.2, 0.25) is 0 Å². The van der Waals surface area contributed by atoms with E-state index >= 15 is 0 Å². The number of furan rings is 1. The van der Waals surface area contributed by atoms with E-state index in [1.807, 2.05) is 16.8 Å². The molecule has 0 aliphatic heterocycles. The van der Waals surface area contributed by atoms with Gasteiger partial charge in [-0.15, -0.1) is 0 Å². The van der Waals surface area contributed by atoms with Gasteiger partial charge in [0.15, 0.2) is 6.29 Å². The summed E-state index contributed by atoms with van der Waals surface area (Å²) in [6.45, 7) is 6.65. The van der Waals surface area contributed by atoms with E-state index < -0.39 is 5.97 Å². The summed E-state index contributed by atoms with van der Waals surface area (Å²) in [5, 5.41) is 0. The second-order valence-electron chi connectivity index (χ2n) is 5.91. The van der Waals surface area contributed by atoms with Crippen LogP contribution in [0.4, 0.5) is 0 Å². The minimum atomic E-state index is -0.514. The Balaban J connectivity index is 2.27. The van der Waals surface area contributed by atoms with Gasteiger partial charge in [-0.1, -0.05) is 20.8 Å². The van der Waals surface area contributed by atoms with E-state index in [1.165, 1.54) is 7.11 Å². The lowest BCUT2D eigenvalue weighted by Crippen LogP contribution is -2.09. The normalized spacial score (nSPS) is 11.4. The first-order valence-corrected chi connectivity index (χ1v) is 6.68. The zero-order chi connectivity index (χ0) is 15.6. The number of aldehydes is 1. The van der Waals surface area contributed by atoms with Crippen molar-refractivity contribution in [1.82, 2.24) is 4.57 Å². The van der Waals surface area contributed by atoms with E-state index in [-0.39, 0.29) is 11.2 Å². The first kappa shape index (κ1) is 15.1. The van der Waals surface area contributed by atoms with Crippen LogP contribution in [0, 0.1) is 0 Å². The maximum atomic E-state index is 11.4. The topological polar surface area (TPSA) is 61.4 Å². The first-order valence-electron chi connectivity index (χ1n) is 6.68. The second kappa shape index (κ2) is 5.60. The SMILES string of the molecule is COC(=O)c1ccc(Cn2cc(C(C)(C)C)cc2C=O)o1. The highest BCUT2D eigenvalue weighted by molar-refractivity contribution is 5.86. The van der Waals surface area contributed by atoms with Gasteiger partial charge in [0.1, 0.15) is 5.76 Å². The molecular formula is C16H19NO4. The highest BCUT2D eigenvalue weighted by Gasteiger charge is 2.18. The van der Waals surface area contributed by atoms with Gasteiger partial charge in [0.25, 0.3) is 0 Å². The molecule has 0 saturated carbocycles. The van der Waals surface area contributed by atoms with E-state index in [0.29, 0.717) is 18.0 Å². The summed E-state index contributed by atoms with van der Waals surface area (Å²) in [6.07, 6.45) is 2.75. The number of hydrogen-bond donors (Lipinski definition) is 0. The highest BCUT2D eigenvalue weighted by Crippen LogP contribution is 2.24. The molecule has 2 aromatic heterocycles. The third-order valence-corrected chi connectivity index (χ3v) is 3.29. The summed E-state index contributed by atoms with van der Waals surface area (Å²) < 4.78 is 11.8. The van der Waals surface area contributed by atoms with Crippen molar-refractivity contribution < 1.29 is 18.7 Å². The minimum absolute atomic E-state index is 0.0383. The van der Waals surface area contributed by atoms with Crippen molar-refractivity contribution in [2.24, 2.45) is 0 Å². The number of aromatic nitrogens is 1. The molecule has 0 spiro atoms. The molecule has 112 valence electrons. The molecule has 0 amide bonds. The molecule has 2 rings (SSSR count). The van der Waals surface area contributed by atoms with Crippen LogP contribution in [-0.2, 0) is 16.7 Å². The predicted octanol–water partition coefficient (Wildman–Crippen LogP) is 3.03. The molecule has 0 radical (unpaired) electrons. The largest absolute Gasteiger partial charge is 0.463 e. The molecule has 2 aromatic rings. The van der Waals surface area contributed by atoms with Crippen LogP contribution < -0.4 is 0 Å². The average molecular weight is 289 g/mol. The van der Waals surface area contributed by atoms with Gasteiger partial charge in [0, 0.05) is 6.20 Å². The van der Waals surface area contributed by atoms with Crippen LogP contribution in [0.5, 0.6) is 0 Å². The Hall–Kier alpha value is -2.30. The molecule has 0 fully saturated rings. The van der Waals surface area contributed by atoms with Crippen molar-refractivity contribution in [2.45, 2.75) is 32.7 Å². The molecule has 0 aromatic carbocycles. The fraction of sp³-hybridized carbons (Fsp3) is 0.375. The molecule has 0 saturated heterocycles. The molecule has 0 bridgehead atoms. The Morgan fingerprint density at radius 3 is 2.67 bits per heavy atom. The van der Waals surface area contributed by atoms with Crippen LogP contribution in [0.1, 0.15) is 53.1 Å². The Bertz CT molecular complexity index is 658. The molecule has 0 aliphatic rings. The maximum Gasteiger partial charge on any atom is 0.373 e. The maximum absolute atomic E-state index is 11.4. The third kappa shape index (κ3) is 3.24. The quantitative estimate of drug-likeness (QED) is 0.641. The van der Waals surface area contributed by atoms with Crippen molar-refractivity contribution in [3.05, 3.63) is 47.2 Å². The van der Waals surface area contributed by atoms with Crippen molar-refractivity contribution in [3.63, 3.8) is 0 Å².